The van der Waals surface area contributed by atoms with Gasteiger partial charge in [-0.15, -0.1) is 0 Å². The number of carbonyl (C=O) groups excluding carboxylic acids is 1. The molecule has 17 heavy (non-hydrogen) atoms. The Morgan fingerprint density at radius 3 is 2.41 bits per heavy atom. The highest BCUT2D eigenvalue weighted by molar-refractivity contribution is 5.83. The van der Waals surface area contributed by atoms with Crippen LogP contribution in [0.1, 0.15) is 38.7 Å². The summed E-state index contributed by atoms with van der Waals surface area (Å²) >= 11 is 0. The first kappa shape index (κ1) is 12.2. The van der Waals surface area contributed by atoms with Crippen molar-refractivity contribution in [3.63, 3.8) is 0 Å². The molecule has 1 fully saturated rings. The monoisotopic (exact) mass is 231 g/mol. The Morgan fingerprint density at radius 2 is 1.88 bits per heavy atom. The molecule has 2 nitrogen and oxygen atoms in total. The molecule has 1 atom stereocenters. The molecule has 1 aromatic carbocycles. The topological polar surface area (TPSA) is 20.3 Å². The standard InChI is InChI=1S/C15H21NO/c1-11(2)13-4-6-14(7-5-13)16-9-8-15(17)12(3)10-16/h4-7,11-12H,8-10H2,1-3H3. The van der Waals surface area contributed by atoms with E-state index in [0.717, 1.165) is 13.1 Å². The number of benzene rings is 1. The Morgan fingerprint density at radius 1 is 1.24 bits per heavy atom. The summed E-state index contributed by atoms with van der Waals surface area (Å²) in [6.45, 7) is 8.16. The Hall–Kier alpha value is -1.31. The van der Waals surface area contributed by atoms with Crippen LogP contribution in [-0.2, 0) is 4.79 Å². The number of nitrogens with zero attached hydrogens (tertiary/aromatic N) is 1. The smallest absolute Gasteiger partial charge is 0.139 e. The zero-order valence-corrected chi connectivity index (χ0v) is 10.9. The fourth-order valence-corrected chi connectivity index (χ4v) is 2.32. The van der Waals surface area contributed by atoms with E-state index < -0.39 is 0 Å². The van der Waals surface area contributed by atoms with Gasteiger partial charge in [0.05, 0.1) is 0 Å². The lowest BCUT2D eigenvalue weighted by molar-refractivity contribution is -0.122. The number of anilines is 1. The van der Waals surface area contributed by atoms with Crippen LogP contribution in [0.5, 0.6) is 0 Å². The van der Waals surface area contributed by atoms with Gasteiger partial charge in [-0.2, -0.15) is 0 Å². The minimum Gasteiger partial charge on any atom is -0.370 e. The van der Waals surface area contributed by atoms with Gasteiger partial charge in [-0.25, -0.2) is 0 Å². The summed E-state index contributed by atoms with van der Waals surface area (Å²) < 4.78 is 0. The van der Waals surface area contributed by atoms with Crippen molar-refractivity contribution >= 4 is 11.5 Å². The molecule has 0 N–H and O–H groups in total. The molecule has 92 valence electrons. The van der Waals surface area contributed by atoms with E-state index in [1.54, 1.807) is 0 Å². The zero-order chi connectivity index (χ0) is 12.4. The molecule has 0 bridgehead atoms. The molecule has 1 heterocycles. The van der Waals surface area contributed by atoms with Crippen LogP contribution in [0.15, 0.2) is 24.3 Å². The van der Waals surface area contributed by atoms with E-state index in [-0.39, 0.29) is 5.92 Å². The van der Waals surface area contributed by atoms with E-state index in [9.17, 15) is 4.79 Å². The van der Waals surface area contributed by atoms with E-state index in [4.69, 9.17) is 0 Å². The van der Waals surface area contributed by atoms with Crippen LogP contribution >= 0.6 is 0 Å². The molecule has 1 unspecified atom stereocenters. The third-order valence-electron chi connectivity index (χ3n) is 3.60. The summed E-state index contributed by atoms with van der Waals surface area (Å²) in [4.78, 5) is 13.8. The Labute approximate surface area is 104 Å². The van der Waals surface area contributed by atoms with Gasteiger partial charge in [0.25, 0.3) is 0 Å². The van der Waals surface area contributed by atoms with Crippen LogP contribution in [0.2, 0.25) is 0 Å². The number of piperidine rings is 1. The molecular weight excluding hydrogens is 210 g/mol. The van der Waals surface area contributed by atoms with Gasteiger partial charge in [0, 0.05) is 31.1 Å². The van der Waals surface area contributed by atoms with Crippen LogP contribution in [0, 0.1) is 5.92 Å². The summed E-state index contributed by atoms with van der Waals surface area (Å²) in [5, 5.41) is 0. The molecule has 0 amide bonds. The Kier molecular flexibility index (Phi) is 3.51. The molecule has 1 aromatic rings. The van der Waals surface area contributed by atoms with Crippen LogP contribution in [0.25, 0.3) is 0 Å². The summed E-state index contributed by atoms with van der Waals surface area (Å²) in [5.41, 5.74) is 2.61. The first-order chi connectivity index (χ1) is 8.08. The van der Waals surface area contributed by atoms with Gasteiger partial charge in [0.1, 0.15) is 5.78 Å². The number of rotatable bonds is 2. The highest BCUT2D eigenvalue weighted by atomic mass is 16.1. The normalized spacial score (nSPS) is 21.1. The maximum atomic E-state index is 11.5. The lowest BCUT2D eigenvalue weighted by Crippen LogP contribution is -2.39. The van der Waals surface area contributed by atoms with E-state index in [0.29, 0.717) is 18.1 Å². The van der Waals surface area contributed by atoms with E-state index in [1.165, 1.54) is 11.3 Å². The molecule has 0 saturated carbocycles. The molecule has 0 aliphatic carbocycles. The van der Waals surface area contributed by atoms with Gasteiger partial charge >= 0.3 is 0 Å². The number of ketones is 1. The van der Waals surface area contributed by atoms with Gasteiger partial charge in [0.2, 0.25) is 0 Å². The number of carbonyl (C=O) groups is 1. The average molecular weight is 231 g/mol. The average Bonchev–Trinajstić information content (AvgIpc) is 2.33. The molecule has 2 heteroatoms. The summed E-state index contributed by atoms with van der Waals surface area (Å²) in [6.07, 6.45) is 0.688. The van der Waals surface area contributed by atoms with Crippen molar-refractivity contribution < 1.29 is 4.79 Å². The third-order valence-corrected chi connectivity index (χ3v) is 3.60. The van der Waals surface area contributed by atoms with E-state index in [2.05, 4.69) is 43.0 Å². The summed E-state index contributed by atoms with van der Waals surface area (Å²) in [5.74, 6) is 1.15. The maximum absolute atomic E-state index is 11.5. The largest absolute Gasteiger partial charge is 0.370 e. The minimum absolute atomic E-state index is 0.175. The number of hydrogen-bond acceptors (Lipinski definition) is 2. The maximum Gasteiger partial charge on any atom is 0.139 e. The predicted molar refractivity (Wildman–Crippen MR) is 71.5 cm³/mol. The molecular formula is C15H21NO. The summed E-state index contributed by atoms with van der Waals surface area (Å²) in [6, 6.07) is 8.75. The second-order valence-corrected chi connectivity index (χ2v) is 5.31. The first-order valence-electron chi connectivity index (χ1n) is 6.45. The van der Waals surface area contributed by atoms with Crippen LogP contribution < -0.4 is 4.90 Å². The number of hydrogen-bond donors (Lipinski definition) is 0. The molecule has 1 aliphatic heterocycles. The van der Waals surface area contributed by atoms with E-state index in [1.807, 2.05) is 6.92 Å². The molecule has 1 saturated heterocycles. The van der Waals surface area contributed by atoms with Gasteiger partial charge in [-0.1, -0.05) is 32.9 Å². The first-order valence-corrected chi connectivity index (χ1v) is 6.45. The van der Waals surface area contributed by atoms with Crippen molar-refractivity contribution in [1.29, 1.82) is 0 Å². The molecule has 0 aromatic heterocycles. The van der Waals surface area contributed by atoms with Crippen molar-refractivity contribution in [3.8, 4) is 0 Å². The predicted octanol–water partition coefficient (Wildman–Crippen LogP) is 3.23. The van der Waals surface area contributed by atoms with Crippen molar-refractivity contribution in [3.05, 3.63) is 29.8 Å². The van der Waals surface area contributed by atoms with E-state index >= 15 is 0 Å². The lowest BCUT2D eigenvalue weighted by atomic mass is 9.97. The molecule has 1 aliphatic rings. The third kappa shape index (κ3) is 2.68. The highest BCUT2D eigenvalue weighted by Gasteiger charge is 2.23. The molecule has 0 spiro atoms. The quantitative estimate of drug-likeness (QED) is 0.779. The van der Waals surface area contributed by atoms with Gasteiger partial charge in [-0.05, 0) is 23.6 Å². The Balaban J connectivity index is 2.10. The van der Waals surface area contributed by atoms with Crippen LogP contribution in [0.3, 0.4) is 0 Å². The van der Waals surface area contributed by atoms with Crippen molar-refractivity contribution in [2.75, 3.05) is 18.0 Å². The molecule has 2 rings (SSSR count). The van der Waals surface area contributed by atoms with Crippen LogP contribution in [-0.4, -0.2) is 18.9 Å². The van der Waals surface area contributed by atoms with Gasteiger partial charge in [-0.3, -0.25) is 4.79 Å². The fourth-order valence-electron chi connectivity index (χ4n) is 2.32. The van der Waals surface area contributed by atoms with Crippen molar-refractivity contribution in [2.45, 2.75) is 33.1 Å². The molecule has 0 radical (unpaired) electrons. The SMILES string of the molecule is CC1CN(c2ccc(C(C)C)cc2)CCC1=O. The Bertz CT molecular complexity index is 394. The number of Topliss-reactive ketones (excluding diaryl/α,β-unsaturated/α-hetero) is 1. The van der Waals surface area contributed by atoms with Crippen molar-refractivity contribution in [2.24, 2.45) is 5.92 Å². The second kappa shape index (κ2) is 4.91. The zero-order valence-electron chi connectivity index (χ0n) is 10.9. The second-order valence-electron chi connectivity index (χ2n) is 5.31. The van der Waals surface area contributed by atoms with Crippen molar-refractivity contribution in [1.82, 2.24) is 0 Å². The minimum atomic E-state index is 0.175. The van der Waals surface area contributed by atoms with Crippen LogP contribution in [0.4, 0.5) is 5.69 Å². The highest BCUT2D eigenvalue weighted by Crippen LogP contribution is 2.23. The fraction of sp³-hybridized carbons (Fsp3) is 0.533. The summed E-state index contributed by atoms with van der Waals surface area (Å²) in [7, 11) is 0. The lowest BCUT2D eigenvalue weighted by Gasteiger charge is -2.32. The van der Waals surface area contributed by atoms with Gasteiger partial charge < -0.3 is 4.90 Å². The van der Waals surface area contributed by atoms with Gasteiger partial charge in [0.15, 0.2) is 0 Å².